The van der Waals surface area contributed by atoms with Crippen LogP contribution in [0.1, 0.15) is 51.7 Å². The van der Waals surface area contributed by atoms with Gasteiger partial charge in [-0.2, -0.15) is 5.26 Å². The van der Waals surface area contributed by atoms with Gasteiger partial charge in [0.05, 0.1) is 5.56 Å². The van der Waals surface area contributed by atoms with Crippen molar-refractivity contribution < 1.29 is 19.1 Å². The Kier molecular flexibility index (Phi) is 6.85. The van der Waals surface area contributed by atoms with Crippen LogP contribution in [0.4, 0.5) is 5.00 Å². The van der Waals surface area contributed by atoms with E-state index in [9.17, 15) is 19.6 Å². The first kappa shape index (κ1) is 21.5. The van der Waals surface area contributed by atoms with Gasteiger partial charge < -0.3 is 15.4 Å². The number of fused-ring (bicyclic) bond motifs is 1. The van der Waals surface area contributed by atoms with Crippen molar-refractivity contribution in [3.05, 3.63) is 51.4 Å². The molecule has 2 aromatic rings. The van der Waals surface area contributed by atoms with E-state index in [-0.39, 0.29) is 0 Å². The Hall–Kier alpha value is -3.18. The SMILES string of the molecule is Cc1cccc(C(=O)N[C@@H](C)C(=O)OCC(=O)Nc2sc3c(c2C#N)CCCC3)c1. The molecule has 1 heterocycles. The van der Waals surface area contributed by atoms with Crippen molar-refractivity contribution in [1.82, 2.24) is 5.32 Å². The van der Waals surface area contributed by atoms with Gasteiger partial charge in [0.25, 0.3) is 11.8 Å². The van der Waals surface area contributed by atoms with Gasteiger partial charge in [-0.15, -0.1) is 11.3 Å². The number of amides is 2. The summed E-state index contributed by atoms with van der Waals surface area (Å²) < 4.78 is 5.03. The highest BCUT2D eigenvalue weighted by atomic mass is 32.1. The van der Waals surface area contributed by atoms with Crippen LogP contribution in [0.3, 0.4) is 0 Å². The van der Waals surface area contributed by atoms with Crippen molar-refractivity contribution in [2.75, 3.05) is 11.9 Å². The Balaban J connectivity index is 1.52. The maximum absolute atomic E-state index is 12.2. The highest BCUT2D eigenvalue weighted by molar-refractivity contribution is 7.16. The Morgan fingerprint density at radius 2 is 2.03 bits per heavy atom. The number of hydrogen-bond acceptors (Lipinski definition) is 6. The number of nitriles is 1. The normalized spacial score (nSPS) is 13.5. The molecule has 1 aliphatic rings. The summed E-state index contributed by atoms with van der Waals surface area (Å²) in [6.45, 7) is 2.88. The first-order valence-electron chi connectivity index (χ1n) is 9.77. The number of thiophene rings is 1. The molecule has 0 aliphatic heterocycles. The molecule has 0 bridgehead atoms. The number of aryl methyl sites for hydroxylation is 2. The first-order valence-corrected chi connectivity index (χ1v) is 10.6. The predicted octanol–water partition coefficient (Wildman–Crippen LogP) is 3.11. The summed E-state index contributed by atoms with van der Waals surface area (Å²) in [6.07, 6.45) is 3.88. The fourth-order valence-electron chi connectivity index (χ4n) is 3.32. The Bertz CT molecular complexity index is 1020. The van der Waals surface area contributed by atoms with Crippen LogP contribution in [0.15, 0.2) is 24.3 Å². The smallest absolute Gasteiger partial charge is 0.328 e. The van der Waals surface area contributed by atoms with E-state index in [1.54, 1.807) is 18.2 Å². The molecule has 0 radical (unpaired) electrons. The quantitative estimate of drug-likeness (QED) is 0.692. The Morgan fingerprint density at radius 1 is 1.27 bits per heavy atom. The van der Waals surface area contributed by atoms with Crippen LogP contribution in [0.2, 0.25) is 0 Å². The van der Waals surface area contributed by atoms with Gasteiger partial charge in [-0.1, -0.05) is 17.7 Å². The molecule has 30 heavy (non-hydrogen) atoms. The van der Waals surface area contributed by atoms with E-state index in [4.69, 9.17) is 4.74 Å². The maximum Gasteiger partial charge on any atom is 0.328 e. The van der Waals surface area contributed by atoms with Crippen molar-refractivity contribution in [3.63, 3.8) is 0 Å². The number of hydrogen-bond donors (Lipinski definition) is 2. The highest BCUT2D eigenvalue weighted by Crippen LogP contribution is 2.37. The monoisotopic (exact) mass is 425 g/mol. The van der Waals surface area contributed by atoms with E-state index in [0.717, 1.165) is 41.7 Å². The van der Waals surface area contributed by atoms with Crippen molar-refractivity contribution in [2.24, 2.45) is 0 Å². The molecule has 1 aromatic heterocycles. The lowest BCUT2D eigenvalue weighted by molar-refractivity contribution is -0.148. The van der Waals surface area contributed by atoms with Crippen LogP contribution >= 0.6 is 11.3 Å². The summed E-state index contributed by atoms with van der Waals surface area (Å²) in [5, 5.41) is 15.2. The number of esters is 1. The molecule has 0 unspecified atom stereocenters. The first-order chi connectivity index (χ1) is 14.4. The number of ether oxygens (including phenoxy) is 1. The summed E-state index contributed by atoms with van der Waals surface area (Å²) in [4.78, 5) is 37.7. The summed E-state index contributed by atoms with van der Waals surface area (Å²) in [5.74, 6) is -1.62. The van der Waals surface area contributed by atoms with Crippen molar-refractivity contribution in [3.8, 4) is 6.07 Å². The molecule has 0 saturated carbocycles. The molecule has 3 rings (SSSR count). The van der Waals surface area contributed by atoms with E-state index in [1.807, 2.05) is 13.0 Å². The number of nitrogens with zero attached hydrogens (tertiary/aromatic N) is 1. The van der Waals surface area contributed by atoms with E-state index >= 15 is 0 Å². The minimum absolute atomic E-state index is 0.393. The number of benzene rings is 1. The van der Waals surface area contributed by atoms with Crippen LogP contribution in [0, 0.1) is 18.3 Å². The van der Waals surface area contributed by atoms with E-state index < -0.39 is 30.4 Å². The van der Waals surface area contributed by atoms with E-state index in [0.29, 0.717) is 16.1 Å². The predicted molar refractivity (Wildman–Crippen MR) is 113 cm³/mol. The van der Waals surface area contributed by atoms with Gasteiger partial charge in [0, 0.05) is 10.4 Å². The molecule has 0 saturated heterocycles. The molecular weight excluding hydrogens is 402 g/mol. The lowest BCUT2D eigenvalue weighted by atomic mass is 9.96. The zero-order valence-corrected chi connectivity index (χ0v) is 17.7. The molecule has 2 amide bonds. The molecule has 0 spiro atoms. The lowest BCUT2D eigenvalue weighted by Gasteiger charge is -2.13. The molecule has 1 aliphatic carbocycles. The van der Waals surface area contributed by atoms with Gasteiger partial charge in [-0.3, -0.25) is 9.59 Å². The summed E-state index contributed by atoms with van der Waals surface area (Å²) in [6, 6.07) is 8.27. The lowest BCUT2D eigenvalue weighted by Crippen LogP contribution is -2.40. The van der Waals surface area contributed by atoms with Crippen molar-refractivity contribution >= 4 is 34.1 Å². The van der Waals surface area contributed by atoms with Crippen LogP contribution in [-0.2, 0) is 27.2 Å². The fourth-order valence-corrected chi connectivity index (χ4v) is 4.58. The van der Waals surface area contributed by atoms with Crippen LogP contribution in [0.5, 0.6) is 0 Å². The average Bonchev–Trinajstić information content (AvgIpc) is 3.08. The minimum atomic E-state index is -0.908. The third kappa shape index (κ3) is 5.05. The van der Waals surface area contributed by atoms with Gasteiger partial charge in [0.1, 0.15) is 17.1 Å². The highest BCUT2D eigenvalue weighted by Gasteiger charge is 2.23. The molecule has 7 nitrogen and oxygen atoms in total. The maximum atomic E-state index is 12.2. The molecule has 1 aromatic carbocycles. The fraction of sp³-hybridized carbons (Fsp3) is 0.364. The average molecular weight is 426 g/mol. The van der Waals surface area contributed by atoms with Crippen LogP contribution < -0.4 is 10.6 Å². The van der Waals surface area contributed by atoms with Crippen molar-refractivity contribution in [2.45, 2.75) is 45.6 Å². The number of carbonyl (C=O) groups excluding carboxylic acids is 3. The minimum Gasteiger partial charge on any atom is -0.454 e. The number of rotatable bonds is 6. The largest absolute Gasteiger partial charge is 0.454 e. The second-order valence-corrected chi connectivity index (χ2v) is 8.35. The Labute approximate surface area is 179 Å². The molecule has 0 fully saturated rings. The van der Waals surface area contributed by atoms with Gasteiger partial charge in [-0.05, 0) is 57.2 Å². The summed E-state index contributed by atoms with van der Waals surface area (Å²) in [7, 11) is 0. The molecule has 156 valence electrons. The number of nitrogens with one attached hydrogen (secondary N) is 2. The second-order valence-electron chi connectivity index (χ2n) is 7.25. The number of anilines is 1. The zero-order valence-electron chi connectivity index (χ0n) is 16.9. The summed E-state index contributed by atoms with van der Waals surface area (Å²) in [5.41, 5.74) is 2.90. The zero-order chi connectivity index (χ0) is 21.7. The van der Waals surface area contributed by atoms with Crippen molar-refractivity contribution in [1.29, 1.82) is 5.26 Å². The van der Waals surface area contributed by atoms with Gasteiger partial charge >= 0.3 is 5.97 Å². The molecular formula is C22H23N3O4S. The topological polar surface area (TPSA) is 108 Å². The second kappa shape index (κ2) is 9.55. The van der Waals surface area contributed by atoms with E-state index in [2.05, 4.69) is 16.7 Å². The Morgan fingerprint density at radius 3 is 2.77 bits per heavy atom. The summed E-state index contributed by atoms with van der Waals surface area (Å²) >= 11 is 1.41. The molecule has 2 N–H and O–H groups in total. The molecule has 1 atom stereocenters. The third-order valence-electron chi connectivity index (χ3n) is 4.86. The van der Waals surface area contributed by atoms with E-state index in [1.165, 1.54) is 18.3 Å². The molecule has 8 heteroatoms. The van der Waals surface area contributed by atoms with Gasteiger partial charge in [-0.25, -0.2) is 4.79 Å². The van der Waals surface area contributed by atoms with Crippen LogP contribution in [0.25, 0.3) is 0 Å². The number of carbonyl (C=O) groups is 3. The third-order valence-corrected chi connectivity index (χ3v) is 6.07. The van der Waals surface area contributed by atoms with Gasteiger partial charge in [0.15, 0.2) is 6.61 Å². The van der Waals surface area contributed by atoms with Gasteiger partial charge in [0.2, 0.25) is 0 Å². The standard InChI is InChI=1S/C22H23N3O4S/c1-13-6-5-7-15(10-13)20(27)24-14(2)22(28)29-12-19(26)25-21-17(11-23)16-8-3-4-9-18(16)30-21/h5-7,10,14H,3-4,8-9,12H2,1-2H3,(H,24,27)(H,25,26)/t14-/m0/s1. The van der Waals surface area contributed by atoms with Crippen LogP contribution in [-0.4, -0.2) is 30.4 Å².